The van der Waals surface area contributed by atoms with Crippen molar-refractivity contribution in [3.8, 4) is 11.1 Å². The molecule has 4 heteroatoms. The summed E-state index contributed by atoms with van der Waals surface area (Å²) in [5, 5.41) is 5.26. The Kier molecular flexibility index (Phi) is 4.97. The lowest BCUT2D eigenvalue weighted by Crippen LogP contribution is -2.03. The molecule has 8 rings (SSSR count). The van der Waals surface area contributed by atoms with Crippen molar-refractivity contribution >= 4 is 21.5 Å². The Labute approximate surface area is 211 Å². The van der Waals surface area contributed by atoms with Gasteiger partial charge in [0.25, 0.3) is 0 Å². The largest absolute Gasteiger partial charge is 0.373 e. The third-order valence-electron chi connectivity index (χ3n) is 8.03. The number of fused-ring (bicyclic) bond motifs is 2. The summed E-state index contributed by atoms with van der Waals surface area (Å²) in [5.74, 6) is 0. The van der Waals surface area contributed by atoms with Gasteiger partial charge in [0.15, 0.2) is 0 Å². The molecule has 0 bridgehead atoms. The van der Waals surface area contributed by atoms with Crippen molar-refractivity contribution in [3.05, 3.63) is 82.9 Å². The van der Waals surface area contributed by atoms with Crippen LogP contribution in [-0.2, 0) is 44.6 Å². The lowest BCUT2D eigenvalue weighted by atomic mass is 9.83. The van der Waals surface area contributed by atoms with Gasteiger partial charge in [-0.2, -0.15) is 0 Å². The standard InChI is InChI=1S/C32H30O4/c1-3-21-5-7-23(13-27-17-35-27)31(29(21)11-19(1)9-25-15-33-25)32-24(14-28-18-36-28)8-6-22-4-2-20(12-30(22)32)10-26-16-34-26/h1-8,11-12,25-28H,9-10,13-18H2. The first-order chi connectivity index (χ1) is 17.8. The van der Waals surface area contributed by atoms with Crippen LogP contribution in [0.1, 0.15) is 22.3 Å². The normalized spacial score (nSPS) is 25.9. The maximum absolute atomic E-state index is 5.71. The van der Waals surface area contributed by atoms with Gasteiger partial charge in [-0.25, -0.2) is 0 Å². The summed E-state index contributed by atoms with van der Waals surface area (Å²) >= 11 is 0. The van der Waals surface area contributed by atoms with Crippen LogP contribution in [0.25, 0.3) is 32.7 Å². The number of epoxide rings is 4. The highest BCUT2D eigenvalue weighted by atomic mass is 16.6. The second-order valence-corrected chi connectivity index (χ2v) is 10.9. The Morgan fingerprint density at radius 2 is 0.833 bits per heavy atom. The van der Waals surface area contributed by atoms with Gasteiger partial charge in [0.1, 0.15) is 0 Å². The van der Waals surface area contributed by atoms with Gasteiger partial charge in [-0.3, -0.25) is 0 Å². The van der Waals surface area contributed by atoms with Crippen LogP contribution >= 0.6 is 0 Å². The van der Waals surface area contributed by atoms with Crippen LogP contribution in [0.15, 0.2) is 60.7 Å². The molecular weight excluding hydrogens is 448 g/mol. The fourth-order valence-corrected chi connectivity index (χ4v) is 5.77. The van der Waals surface area contributed by atoms with Crippen LogP contribution < -0.4 is 0 Å². The summed E-state index contributed by atoms with van der Waals surface area (Å²) in [6, 6.07) is 23.2. The monoisotopic (exact) mass is 478 g/mol. The Morgan fingerprint density at radius 3 is 1.22 bits per heavy atom. The smallest absolute Gasteiger partial charge is 0.0850 e. The molecule has 0 saturated carbocycles. The average Bonchev–Trinajstić information content (AvgIpc) is 3.70. The Morgan fingerprint density at radius 1 is 0.472 bits per heavy atom. The third kappa shape index (κ3) is 4.33. The lowest BCUT2D eigenvalue weighted by Gasteiger charge is -2.20. The van der Waals surface area contributed by atoms with Gasteiger partial charge in [0, 0.05) is 25.7 Å². The number of rotatable bonds is 9. The predicted octanol–water partition coefficient (Wildman–Crippen LogP) is 5.43. The van der Waals surface area contributed by atoms with Crippen molar-refractivity contribution < 1.29 is 18.9 Å². The average molecular weight is 479 g/mol. The molecule has 4 unspecified atom stereocenters. The number of ether oxygens (including phenoxy) is 4. The fourth-order valence-electron chi connectivity index (χ4n) is 5.77. The second kappa shape index (κ2) is 8.39. The van der Waals surface area contributed by atoms with E-state index in [0.29, 0.717) is 24.4 Å². The molecule has 4 aromatic rings. The molecule has 4 fully saturated rings. The number of hydrogen-bond acceptors (Lipinski definition) is 4. The molecule has 36 heavy (non-hydrogen) atoms. The third-order valence-corrected chi connectivity index (χ3v) is 8.03. The van der Waals surface area contributed by atoms with Crippen LogP contribution in [0.4, 0.5) is 0 Å². The first kappa shape index (κ1) is 21.3. The summed E-state index contributed by atoms with van der Waals surface area (Å²) in [5.41, 5.74) is 8.22. The van der Waals surface area contributed by atoms with E-state index in [4.69, 9.17) is 18.9 Å². The highest BCUT2D eigenvalue weighted by Gasteiger charge is 2.29. The minimum Gasteiger partial charge on any atom is -0.373 e. The predicted molar refractivity (Wildman–Crippen MR) is 141 cm³/mol. The highest BCUT2D eigenvalue weighted by Crippen LogP contribution is 2.42. The van der Waals surface area contributed by atoms with E-state index in [9.17, 15) is 0 Å². The molecule has 0 radical (unpaired) electrons. The fraction of sp³-hybridized carbons (Fsp3) is 0.375. The van der Waals surface area contributed by atoms with E-state index in [1.54, 1.807) is 0 Å². The van der Waals surface area contributed by atoms with Gasteiger partial charge in [0.05, 0.1) is 50.8 Å². The van der Waals surface area contributed by atoms with E-state index in [-0.39, 0.29) is 0 Å². The molecule has 182 valence electrons. The van der Waals surface area contributed by atoms with Gasteiger partial charge in [0.2, 0.25) is 0 Å². The molecule has 0 spiro atoms. The molecule has 4 aliphatic rings. The van der Waals surface area contributed by atoms with Crippen LogP contribution in [0, 0.1) is 0 Å². The van der Waals surface area contributed by atoms with E-state index in [0.717, 1.165) is 52.1 Å². The van der Waals surface area contributed by atoms with Crippen LogP contribution in [0.3, 0.4) is 0 Å². The zero-order valence-corrected chi connectivity index (χ0v) is 20.4. The van der Waals surface area contributed by atoms with Crippen LogP contribution in [-0.4, -0.2) is 50.8 Å². The minimum atomic E-state index is 0.331. The first-order valence-electron chi connectivity index (χ1n) is 13.3. The van der Waals surface area contributed by atoms with Crippen LogP contribution in [0.2, 0.25) is 0 Å². The Hall–Kier alpha value is -2.76. The van der Waals surface area contributed by atoms with Crippen molar-refractivity contribution in [3.63, 3.8) is 0 Å². The van der Waals surface area contributed by atoms with Crippen molar-refractivity contribution in [1.82, 2.24) is 0 Å². The first-order valence-corrected chi connectivity index (χ1v) is 13.3. The van der Waals surface area contributed by atoms with Crippen molar-refractivity contribution in [1.29, 1.82) is 0 Å². The molecule has 4 saturated heterocycles. The van der Waals surface area contributed by atoms with Crippen molar-refractivity contribution in [2.24, 2.45) is 0 Å². The number of hydrogen-bond donors (Lipinski definition) is 0. The quantitative estimate of drug-likeness (QED) is 0.301. The van der Waals surface area contributed by atoms with E-state index < -0.39 is 0 Å². The number of benzene rings is 4. The van der Waals surface area contributed by atoms with Gasteiger partial charge in [-0.05, 0) is 54.9 Å². The molecule has 4 nitrogen and oxygen atoms in total. The van der Waals surface area contributed by atoms with Gasteiger partial charge < -0.3 is 18.9 Å². The summed E-state index contributed by atoms with van der Waals surface area (Å²) in [7, 11) is 0. The van der Waals surface area contributed by atoms with Crippen molar-refractivity contribution in [2.75, 3.05) is 26.4 Å². The zero-order valence-electron chi connectivity index (χ0n) is 20.4. The molecular formula is C32H30O4. The van der Waals surface area contributed by atoms with E-state index >= 15 is 0 Å². The summed E-state index contributed by atoms with van der Waals surface area (Å²) in [6.07, 6.45) is 5.28. The topological polar surface area (TPSA) is 50.1 Å². The molecule has 4 atom stereocenters. The van der Waals surface area contributed by atoms with Gasteiger partial charge >= 0.3 is 0 Å². The lowest BCUT2D eigenvalue weighted by molar-refractivity contribution is 0.407. The molecule has 4 aliphatic heterocycles. The minimum absolute atomic E-state index is 0.331. The summed E-state index contributed by atoms with van der Waals surface area (Å²) < 4.78 is 22.5. The Balaban J connectivity index is 1.38. The summed E-state index contributed by atoms with van der Waals surface area (Å²) in [6.45, 7) is 3.49. The van der Waals surface area contributed by atoms with E-state index in [2.05, 4.69) is 60.7 Å². The maximum atomic E-state index is 5.71. The zero-order chi connectivity index (χ0) is 23.6. The molecule has 4 aromatic carbocycles. The maximum Gasteiger partial charge on any atom is 0.0850 e. The van der Waals surface area contributed by atoms with E-state index in [1.165, 1.54) is 54.9 Å². The second-order valence-electron chi connectivity index (χ2n) is 10.9. The molecule has 0 amide bonds. The Bertz CT molecular complexity index is 1350. The molecule has 0 aliphatic carbocycles. The van der Waals surface area contributed by atoms with Crippen molar-refractivity contribution in [2.45, 2.75) is 50.1 Å². The molecule has 4 heterocycles. The van der Waals surface area contributed by atoms with Gasteiger partial charge in [-0.1, -0.05) is 60.7 Å². The SMILES string of the molecule is c1cc2ccc(CC3CO3)c(-c3c(CC4CO4)ccc4ccc(CC5CO5)cc34)c2cc1CC1CO1. The summed E-state index contributed by atoms with van der Waals surface area (Å²) in [4.78, 5) is 0. The highest BCUT2D eigenvalue weighted by molar-refractivity contribution is 6.08. The molecule has 0 aromatic heterocycles. The van der Waals surface area contributed by atoms with Crippen LogP contribution in [0.5, 0.6) is 0 Å². The van der Waals surface area contributed by atoms with E-state index in [1.807, 2.05) is 0 Å². The molecule has 0 N–H and O–H groups in total. The van der Waals surface area contributed by atoms with Gasteiger partial charge in [-0.15, -0.1) is 0 Å².